The first-order valence-electron chi connectivity index (χ1n) is 3.71. The minimum absolute atomic E-state index is 0.273. The van der Waals surface area contributed by atoms with E-state index in [0.29, 0.717) is 16.5 Å². The van der Waals surface area contributed by atoms with Gasteiger partial charge >= 0.3 is 0 Å². The van der Waals surface area contributed by atoms with Crippen LogP contribution in [-0.4, -0.2) is 11.2 Å². The number of rotatable bonds is 2. The summed E-state index contributed by atoms with van der Waals surface area (Å²) in [4.78, 5) is 0. The van der Waals surface area contributed by atoms with Gasteiger partial charge < -0.3 is 5.11 Å². The van der Waals surface area contributed by atoms with E-state index in [9.17, 15) is 4.39 Å². The summed E-state index contributed by atoms with van der Waals surface area (Å²) in [6.07, 6.45) is -0.139. The standard InChI is InChI=1S/C9H10BrFO/c1-6(12)4-7-2-3-8(10)5-9(7)11/h2-3,5-6,12H,4H2,1H3/t6-/m1/s1. The van der Waals surface area contributed by atoms with Crippen LogP contribution in [0.25, 0.3) is 0 Å². The van der Waals surface area contributed by atoms with Gasteiger partial charge in [-0.05, 0) is 24.6 Å². The van der Waals surface area contributed by atoms with Crippen LogP contribution in [0.1, 0.15) is 12.5 Å². The largest absolute Gasteiger partial charge is 0.393 e. The molecule has 3 heteroatoms. The first kappa shape index (κ1) is 9.68. The highest BCUT2D eigenvalue weighted by molar-refractivity contribution is 9.10. The molecule has 66 valence electrons. The normalized spacial score (nSPS) is 13.0. The van der Waals surface area contributed by atoms with Crippen LogP contribution < -0.4 is 0 Å². The molecule has 0 aliphatic heterocycles. The maximum absolute atomic E-state index is 13.1. The highest BCUT2D eigenvalue weighted by Crippen LogP contribution is 2.16. The summed E-state index contributed by atoms with van der Waals surface area (Å²) < 4.78 is 13.8. The van der Waals surface area contributed by atoms with Crippen LogP contribution >= 0.6 is 15.9 Å². The molecule has 0 saturated carbocycles. The Morgan fingerprint density at radius 2 is 2.25 bits per heavy atom. The lowest BCUT2D eigenvalue weighted by Crippen LogP contribution is -2.05. The Kier molecular flexibility index (Phi) is 3.23. The van der Waals surface area contributed by atoms with E-state index in [0.717, 1.165) is 0 Å². The average molecular weight is 233 g/mol. The molecule has 1 N–H and O–H groups in total. The van der Waals surface area contributed by atoms with Crippen LogP contribution in [0.15, 0.2) is 22.7 Å². The van der Waals surface area contributed by atoms with Gasteiger partial charge in [-0.25, -0.2) is 4.39 Å². The molecule has 0 radical (unpaired) electrons. The molecule has 0 unspecified atom stereocenters. The predicted molar refractivity (Wildman–Crippen MR) is 49.5 cm³/mol. The van der Waals surface area contributed by atoms with Crippen LogP contribution in [0, 0.1) is 5.82 Å². The third-order valence-electron chi connectivity index (χ3n) is 1.53. The number of hydrogen-bond acceptors (Lipinski definition) is 1. The molecule has 0 heterocycles. The van der Waals surface area contributed by atoms with Gasteiger partial charge in [0, 0.05) is 10.9 Å². The topological polar surface area (TPSA) is 20.2 Å². The average Bonchev–Trinajstić information content (AvgIpc) is 1.94. The van der Waals surface area contributed by atoms with Gasteiger partial charge in [0.15, 0.2) is 0 Å². The monoisotopic (exact) mass is 232 g/mol. The molecule has 0 spiro atoms. The van der Waals surface area contributed by atoms with Crippen molar-refractivity contribution in [2.45, 2.75) is 19.4 Å². The Hall–Kier alpha value is -0.410. The van der Waals surface area contributed by atoms with E-state index in [1.54, 1.807) is 19.1 Å². The maximum atomic E-state index is 13.1. The predicted octanol–water partition coefficient (Wildman–Crippen LogP) is 2.51. The van der Waals surface area contributed by atoms with E-state index in [-0.39, 0.29) is 5.82 Å². The molecule has 0 aliphatic rings. The summed E-state index contributed by atoms with van der Waals surface area (Å²) in [5.74, 6) is -0.273. The van der Waals surface area contributed by atoms with E-state index < -0.39 is 6.10 Å². The minimum atomic E-state index is -0.499. The van der Waals surface area contributed by atoms with Gasteiger partial charge in [-0.15, -0.1) is 0 Å². The SMILES string of the molecule is C[C@@H](O)Cc1ccc(Br)cc1F. The molecule has 0 saturated heterocycles. The molecule has 0 aliphatic carbocycles. The van der Waals surface area contributed by atoms with Crippen molar-refractivity contribution in [1.82, 2.24) is 0 Å². The maximum Gasteiger partial charge on any atom is 0.127 e. The van der Waals surface area contributed by atoms with Crippen LogP contribution in [0.3, 0.4) is 0 Å². The zero-order valence-corrected chi connectivity index (χ0v) is 8.31. The number of halogens is 2. The van der Waals surface area contributed by atoms with Crippen LogP contribution in [0.2, 0.25) is 0 Å². The number of benzene rings is 1. The fourth-order valence-corrected chi connectivity index (χ4v) is 1.34. The lowest BCUT2D eigenvalue weighted by Gasteiger charge is -2.05. The van der Waals surface area contributed by atoms with E-state index in [4.69, 9.17) is 5.11 Å². The highest BCUT2D eigenvalue weighted by Gasteiger charge is 2.05. The van der Waals surface area contributed by atoms with Gasteiger partial charge in [0.2, 0.25) is 0 Å². The van der Waals surface area contributed by atoms with Crippen molar-refractivity contribution in [2.24, 2.45) is 0 Å². The van der Waals surface area contributed by atoms with Crippen molar-refractivity contribution < 1.29 is 9.50 Å². The molecule has 1 rings (SSSR count). The molecule has 12 heavy (non-hydrogen) atoms. The Bertz CT molecular complexity index is 273. The van der Waals surface area contributed by atoms with Crippen molar-refractivity contribution >= 4 is 15.9 Å². The van der Waals surface area contributed by atoms with Gasteiger partial charge in [-0.2, -0.15) is 0 Å². The van der Waals surface area contributed by atoms with Crippen molar-refractivity contribution in [3.63, 3.8) is 0 Å². The van der Waals surface area contributed by atoms with Crippen LogP contribution in [0.5, 0.6) is 0 Å². The van der Waals surface area contributed by atoms with Crippen LogP contribution in [-0.2, 0) is 6.42 Å². The summed E-state index contributed by atoms with van der Waals surface area (Å²) >= 11 is 3.16. The van der Waals surface area contributed by atoms with Gasteiger partial charge in [0.05, 0.1) is 6.10 Å². The van der Waals surface area contributed by atoms with Gasteiger partial charge in [0.25, 0.3) is 0 Å². The second-order valence-corrected chi connectivity index (χ2v) is 3.70. The summed E-state index contributed by atoms with van der Waals surface area (Å²) in [5, 5.41) is 9.02. The fraction of sp³-hybridized carbons (Fsp3) is 0.333. The number of hydrogen-bond donors (Lipinski definition) is 1. The third-order valence-corrected chi connectivity index (χ3v) is 2.02. The summed E-state index contributed by atoms with van der Waals surface area (Å²) in [6, 6.07) is 4.84. The Balaban J connectivity index is 2.86. The Labute approximate surface area is 79.4 Å². The molecular weight excluding hydrogens is 223 g/mol. The Morgan fingerprint density at radius 1 is 1.58 bits per heavy atom. The lowest BCUT2D eigenvalue weighted by atomic mass is 10.1. The van der Waals surface area contributed by atoms with E-state index in [1.165, 1.54) is 6.07 Å². The van der Waals surface area contributed by atoms with Crippen molar-refractivity contribution in [1.29, 1.82) is 0 Å². The highest BCUT2D eigenvalue weighted by atomic mass is 79.9. The molecule has 1 aromatic rings. The molecule has 1 nitrogen and oxygen atoms in total. The molecule has 0 fully saturated rings. The van der Waals surface area contributed by atoms with Crippen molar-refractivity contribution in [2.75, 3.05) is 0 Å². The number of aliphatic hydroxyl groups is 1. The lowest BCUT2D eigenvalue weighted by molar-refractivity contribution is 0.194. The van der Waals surface area contributed by atoms with Crippen molar-refractivity contribution in [3.05, 3.63) is 34.1 Å². The van der Waals surface area contributed by atoms with Crippen molar-refractivity contribution in [3.8, 4) is 0 Å². The molecule has 0 bridgehead atoms. The zero-order chi connectivity index (χ0) is 9.14. The summed E-state index contributed by atoms with van der Waals surface area (Å²) in [7, 11) is 0. The van der Waals surface area contributed by atoms with Gasteiger partial charge in [-0.3, -0.25) is 0 Å². The molecule has 1 atom stereocenters. The quantitative estimate of drug-likeness (QED) is 0.832. The minimum Gasteiger partial charge on any atom is -0.393 e. The van der Waals surface area contributed by atoms with E-state index >= 15 is 0 Å². The number of aliphatic hydroxyl groups excluding tert-OH is 1. The van der Waals surface area contributed by atoms with Gasteiger partial charge in [-0.1, -0.05) is 22.0 Å². The van der Waals surface area contributed by atoms with Gasteiger partial charge in [0.1, 0.15) is 5.82 Å². The first-order chi connectivity index (χ1) is 5.59. The second-order valence-electron chi connectivity index (χ2n) is 2.79. The molecule has 1 aromatic carbocycles. The van der Waals surface area contributed by atoms with Crippen LogP contribution in [0.4, 0.5) is 4.39 Å². The summed E-state index contributed by atoms with van der Waals surface area (Å²) in [6.45, 7) is 1.64. The third kappa shape index (κ3) is 2.57. The molecular formula is C9H10BrFO. The zero-order valence-electron chi connectivity index (χ0n) is 6.72. The summed E-state index contributed by atoms with van der Waals surface area (Å²) in [5.41, 5.74) is 0.549. The molecule has 0 amide bonds. The van der Waals surface area contributed by atoms with E-state index in [2.05, 4.69) is 15.9 Å². The Morgan fingerprint density at radius 3 is 2.75 bits per heavy atom. The first-order valence-corrected chi connectivity index (χ1v) is 4.51. The second kappa shape index (κ2) is 4.01. The smallest absolute Gasteiger partial charge is 0.127 e. The van der Waals surface area contributed by atoms with E-state index in [1.807, 2.05) is 0 Å². The fourth-order valence-electron chi connectivity index (χ4n) is 1.01. The molecule has 0 aromatic heterocycles.